The van der Waals surface area contributed by atoms with E-state index >= 15 is 0 Å². The van der Waals surface area contributed by atoms with Gasteiger partial charge >= 0.3 is 5.97 Å². The SMILES string of the molecule is Cc1noc(C)c1C(=O)Nc1ccc(C(=O)OC(C)C)cc1. The third kappa shape index (κ3) is 3.52. The van der Waals surface area contributed by atoms with Gasteiger partial charge in [0.1, 0.15) is 11.3 Å². The number of amides is 1. The molecule has 0 atom stereocenters. The first-order chi connectivity index (χ1) is 10.4. The predicted octanol–water partition coefficient (Wildman–Crippen LogP) is 3.11. The lowest BCUT2D eigenvalue weighted by Crippen LogP contribution is -2.14. The molecule has 6 heteroatoms. The highest BCUT2D eigenvalue weighted by Crippen LogP contribution is 2.16. The Balaban J connectivity index is 2.08. The van der Waals surface area contributed by atoms with Crippen LogP contribution in [0.1, 0.15) is 46.0 Å². The summed E-state index contributed by atoms with van der Waals surface area (Å²) < 4.78 is 10.1. The van der Waals surface area contributed by atoms with Crippen molar-refractivity contribution in [3.8, 4) is 0 Å². The molecule has 0 spiro atoms. The van der Waals surface area contributed by atoms with Crippen molar-refractivity contribution in [1.29, 1.82) is 0 Å². The van der Waals surface area contributed by atoms with Crippen molar-refractivity contribution in [3.63, 3.8) is 0 Å². The highest BCUT2D eigenvalue weighted by atomic mass is 16.5. The highest BCUT2D eigenvalue weighted by molar-refractivity contribution is 6.05. The number of ether oxygens (including phenoxy) is 1. The van der Waals surface area contributed by atoms with Crippen molar-refractivity contribution >= 4 is 17.6 Å². The number of aromatic nitrogens is 1. The molecule has 0 aliphatic heterocycles. The van der Waals surface area contributed by atoms with Crippen molar-refractivity contribution in [2.24, 2.45) is 0 Å². The molecule has 6 nitrogen and oxygen atoms in total. The lowest BCUT2D eigenvalue weighted by molar-refractivity contribution is 0.0378. The second-order valence-corrected chi connectivity index (χ2v) is 5.18. The molecular formula is C16H18N2O4. The van der Waals surface area contributed by atoms with E-state index in [1.165, 1.54) is 0 Å². The van der Waals surface area contributed by atoms with Gasteiger partial charge in [-0.3, -0.25) is 4.79 Å². The molecule has 0 saturated carbocycles. The maximum Gasteiger partial charge on any atom is 0.338 e. The van der Waals surface area contributed by atoms with E-state index in [9.17, 15) is 9.59 Å². The van der Waals surface area contributed by atoms with E-state index in [1.807, 2.05) is 0 Å². The number of hydrogen-bond donors (Lipinski definition) is 1. The fraction of sp³-hybridized carbons (Fsp3) is 0.312. The molecule has 0 unspecified atom stereocenters. The lowest BCUT2D eigenvalue weighted by Gasteiger charge is -2.09. The maximum atomic E-state index is 12.2. The third-order valence-electron chi connectivity index (χ3n) is 2.98. The first kappa shape index (κ1) is 15.8. The van der Waals surface area contributed by atoms with Crippen molar-refractivity contribution < 1.29 is 18.8 Å². The molecule has 0 saturated heterocycles. The number of nitrogens with one attached hydrogen (secondary N) is 1. The average Bonchev–Trinajstić information content (AvgIpc) is 2.78. The number of esters is 1. The topological polar surface area (TPSA) is 81.4 Å². The first-order valence-corrected chi connectivity index (χ1v) is 6.93. The zero-order valence-corrected chi connectivity index (χ0v) is 13.0. The molecule has 1 N–H and O–H groups in total. The Kier molecular flexibility index (Phi) is 4.60. The molecule has 22 heavy (non-hydrogen) atoms. The molecular weight excluding hydrogens is 284 g/mol. The van der Waals surface area contributed by atoms with Crippen LogP contribution < -0.4 is 5.32 Å². The Morgan fingerprint density at radius 3 is 2.32 bits per heavy atom. The van der Waals surface area contributed by atoms with Crippen LogP contribution in [0.5, 0.6) is 0 Å². The van der Waals surface area contributed by atoms with Gasteiger partial charge in [-0.15, -0.1) is 0 Å². The number of carbonyl (C=O) groups excluding carboxylic acids is 2. The van der Waals surface area contributed by atoms with Gasteiger partial charge in [-0.1, -0.05) is 5.16 Å². The lowest BCUT2D eigenvalue weighted by atomic mass is 10.1. The number of carbonyl (C=O) groups is 2. The van der Waals surface area contributed by atoms with Gasteiger partial charge < -0.3 is 14.6 Å². The minimum atomic E-state index is -0.390. The summed E-state index contributed by atoms with van der Waals surface area (Å²) >= 11 is 0. The Hall–Kier alpha value is -2.63. The van der Waals surface area contributed by atoms with Gasteiger partial charge in [-0.2, -0.15) is 0 Å². The quantitative estimate of drug-likeness (QED) is 0.878. The minimum Gasteiger partial charge on any atom is -0.459 e. The van der Waals surface area contributed by atoms with E-state index in [0.717, 1.165) is 0 Å². The average molecular weight is 302 g/mol. The van der Waals surface area contributed by atoms with Crippen LogP contribution in [0.2, 0.25) is 0 Å². The van der Waals surface area contributed by atoms with Gasteiger partial charge in [0.15, 0.2) is 0 Å². The fourth-order valence-corrected chi connectivity index (χ4v) is 1.97. The molecule has 1 aromatic carbocycles. The molecule has 2 aromatic rings. The highest BCUT2D eigenvalue weighted by Gasteiger charge is 2.17. The Morgan fingerprint density at radius 1 is 1.18 bits per heavy atom. The van der Waals surface area contributed by atoms with Crippen LogP contribution in [0.15, 0.2) is 28.8 Å². The second kappa shape index (κ2) is 6.43. The fourth-order valence-electron chi connectivity index (χ4n) is 1.97. The van der Waals surface area contributed by atoms with Crippen LogP contribution in [0, 0.1) is 13.8 Å². The summed E-state index contributed by atoms with van der Waals surface area (Å²) in [5, 5.41) is 6.49. The molecule has 0 fully saturated rings. The van der Waals surface area contributed by atoms with Crippen LogP contribution in [0.4, 0.5) is 5.69 Å². The van der Waals surface area contributed by atoms with E-state index in [4.69, 9.17) is 9.26 Å². The number of aryl methyl sites for hydroxylation is 2. The van der Waals surface area contributed by atoms with Crippen LogP contribution in [0.25, 0.3) is 0 Å². The van der Waals surface area contributed by atoms with Gasteiger partial charge in [0.05, 0.1) is 17.4 Å². The van der Waals surface area contributed by atoms with Crippen molar-refractivity contribution in [1.82, 2.24) is 5.16 Å². The number of anilines is 1. The summed E-state index contributed by atoms with van der Waals surface area (Å²) in [6.07, 6.45) is -0.175. The standard InChI is InChI=1S/C16H18N2O4/c1-9(2)21-16(20)12-5-7-13(8-6-12)17-15(19)14-10(3)18-22-11(14)4/h5-9H,1-4H3,(H,17,19). The van der Waals surface area contributed by atoms with E-state index in [-0.39, 0.29) is 12.0 Å². The normalized spacial score (nSPS) is 10.6. The Bertz CT molecular complexity index is 667. The van der Waals surface area contributed by atoms with Gasteiger partial charge in [0, 0.05) is 5.69 Å². The van der Waals surface area contributed by atoms with Gasteiger partial charge in [0.2, 0.25) is 0 Å². The van der Waals surface area contributed by atoms with E-state index < -0.39 is 5.97 Å². The third-order valence-corrected chi connectivity index (χ3v) is 2.98. The minimum absolute atomic E-state index is 0.175. The monoisotopic (exact) mass is 302 g/mol. The summed E-state index contributed by atoms with van der Waals surface area (Å²) in [6, 6.07) is 6.50. The zero-order chi connectivity index (χ0) is 16.3. The Labute approximate surface area is 128 Å². The number of hydrogen-bond acceptors (Lipinski definition) is 5. The van der Waals surface area contributed by atoms with Crippen LogP contribution in [0.3, 0.4) is 0 Å². The zero-order valence-electron chi connectivity index (χ0n) is 13.0. The second-order valence-electron chi connectivity index (χ2n) is 5.18. The van der Waals surface area contributed by atoms with Crippen LogP contribution in [-0.4, -0.2) is 23.1 Å². The molecule has 0 aliphatic rings. The van der Waals surface area contributed by atoms with E-state index in [0.29, 0.717) is 28.3 Å². The summed E-state index contributed by atoms with van der Waals surface area (Å²) in [6.45, 7) is 6.96. The molecule has 116 valence electrons. The van der Waals surface area contributed by atoms with Gasteiger partial charge in [0.25, 0.3) is 5.91 Å². The largest absolute Gasteiger partial charge is 0.459 e. The van der Waals surface area contributed by atoms with Gasteiger partial charge in [-0.05, 0) is 52.0 Å². The van der Waals surface area contributed by atoms with E-state index in [1.54, 1.807) is 52.0 Å². The molecule has 1 heterocycles. The molecule has 0 bridgehead atoms. The molecule has 1 aromatic heterocycles. The molecule has 2 rings (SSSR count). The maximum absolute atomic E-state index is 12.2. The summed E-state index contributed by atoms with van der Waals surface area (Å²) in [7, 11) is 0. The van der Waals surface area contributed by atoms with Crippen LogP contribution >= 0.6 is 0 Å². The van der Waals surface area contributed by atoms with Crippen LogP contribution in [-0.2, 0) is 4.74 Å². The number of nitrogens with zero attached hydrogens (tertiary/aromatic N) is 1. The van der Waals surface area contributed by atoms with Crippen molar-refractivity contribution in [3.05, 3.63) is 46.8 Å². The van der Waals surface area contributed by atoms with Crippen molar-refractivity contribution in [2.45, 2.75) is 33.8 Å². The smallest absolute Gasteiger partial charge is 0.338 e. The molecule has 0 radical (unpaired) electrons. The summed E-state index contributed by atoms with van der Waals surface area (Å²) in [5.74, 6) is -0.223. The van der Waals surface area contributed by atoms with Gasteiger partial charge in [-0.25, -0.2) is 4.79 Å². The molecule has 1 amide bonds. The first-order valence-electron chi connectivity index (χ1n) is 6.93. The predicted molar refractivity (Wildman–Crippen MR) is 80.9 cm³/mol. The summed E-state index contributed by atoms with van der Waals surface area (Å²) in [5.41, 5.74) is 1.96. The number of rotatable bonds is 4. The molecule has 0 aliphatic carbocycles. The van der Waals surface area contributed by atoms with Crippen molar-refractivity contribution in [2.75, 3.05) is 5.32 Å². The Morgan fingerprint density at radius 2 is 1.82 bits per heavy atom. The number of benzene rings is 1. The summed E-state index contributed by atoms with van der Waals surface area (Å²) in [4.78, 5) is 23.9. The van der Waals surface area contributed by atoms with E-state index in [2.05, 4.69) is 10.5 Å².